The molecular formula is C100H110Cl4N20O12. The van der Waals surface area contributed by atoms with Crippen LogP contribution in [-0.4, -0.2) is 162 Å². The normalized spacial score (nSPS) is 19.8. The van der Waals surface area contributed by atoms with Crippen molar-refractivity contribution in [3.8, 4) is 23.5 Å². The van der Waals surface area contributed by atoms with Gasteiger partial charge in [0.05, 0.1) is 57.1 Å². The van der Waals surface area contributed by atoms with E-state index in [9.17, 15) is 39.6 Å². The number of nitrogens with one attached hydrogen (secondary N) is 4. The van der Waals surface area contributed by atoms with E-state index in [1.54, 1.807) is 91.8 Å². The van der Waals surface area contributed by atoms with Gasteiger partial charge in [0.1, 0.15) is 54.5 Å². The molecule has 11 aromatic rings. The first kappa shape index (κ1) is 95.6. The average molecular weight is 1930 g/mol. The molecule has 6 atom stereocenters. The molecule has 32 nitrogen and oxygen atoms in total. The first-order valence-electron chi connectivity index (χ1n) is 46.3. The lowest BCUT2D eigenvalue weighted by molar-refractivity contribution is 0.0912. The maximum absolute atomic E-state index is 13.1. The van der Waals surface area contributed by atoms with E-state index in [0.29, 0.717) is 107 Å². The van der Waals surface area contributed by atoms with E-state index in [-0.39, 0.29) is 124 Å². The Morgan fingerprint density at radius 3 is 1.10 bits per heavy atom. The van der Waals surface area contributed by atoms with Crippen LogP contribution in [0.2, 0.25) is 20.1 Å². The molecule has 0 bridgehead atoms. The van der Waals surface area contributed by atoms with Gasteiger partial charge >= 0.3 is 0 Å². The Morgan fingerprint density at radius 1 is 0.397 bits per heavy atom. The second kappa shape index (κ2) is 43.9. The van der Waals surface area contributed by atoms with Crippen molar-refractivity contribution in [3.05, 3.63) is 268 Å². The standard InChI is InChI=1S/C26H27ClN4O3.C25H27ClN6O3.C25H31ClN4O3.C24H25ClN6O3/c1-16-2-4-17(5-3-16)10-28-24(33)22-11-29-26(31-12-20-9-21(20)13-31)30-25(22)34-15-18-6-7-19(14-32)23(27)8-18;26-20-12-17(2-3-18(20)15-33)16-35-23-19(22(34)29-14-21-27-8-1-9-28-21)13-30-24(31-23)32-10-6-25(4-5-25)7-11-32;1-15-2-6-20(7-3-15)28-23(32)21-10-27-25(30-11-18-9-19(18)12-30)29-24(21)33-14-16-4-5-17(13-31)22(26)8-16;1-14-6-27-19(7-26-14)8-28-22(33)20-9-29-24(31-10-17-5-18(17)11-31)30-23(20)34-13-15-2-3-16(12-32)21(25)4-15/h2-8,11,20-21,32H,9-10,12-15H2,1H3,(H,28,33);1-3,8-9,12-13,33H,4-7,10-11,14-16H2,(H,29,34);4-5,8,10,15,18-20,31H,2-3,6-7,9,11-14H2,1H3,(H,28,32);2-4,6-7,9,17-18,32H,5,8,10-13H2,1H3,(H,28,33). The molecule has 4 saturated heterocycles. The molecule has 5 saturated carbocycles. The number of aliphatic hydroxyl groups excluding tert-OH is 4. The smallest absolute Gasteiger partial charge is 0.258 e. The van der Waals surface area contributed by atoms with Crippen LogP contribution in [0.3, 0.4) is 0 Å². The number of aliphatic hydroxyl groups is 4. The second-order valence-electron chi connectivity index (χ2n) is 36.8. The molecule has 136 heavy (non-hydrogen) atoms. The van der Waals surface area contributed by atoms with Crippen LogP contribution >= 0.6 is 46.4 Å². The lowest BCUT2D eigenvalue weighted by Gasteiger charge is -2.32. The third-order valence-electron chi connectivity index (χ3n) is 26.7. The van der Waals surface area contributed by atoms with Crippen molar-refractivity contribution in [1.29, 1.82) is 0 Å². The summed E-state index contributed by atoms with van der Waals surface area (Å²) in [6.45, 7) is 14.6. The summed E-state index contributed by atoms with van der Waals surface area (Å²) < 4.78 is 24.1. The number of anilines is 4. The van der Waals surface area contributed by atoms with E-state index in [2.05, 4.69) is 108 Å². The van der Waals surface area contributed by atoms with Gasteiger partial charge in [-0.2, -0.15) is 19.9 Å². The Bertz CT molecular complexity index is 5860. The predicted octanol–water partition coefficient (Wildman–Crippen LogP) is 13.8. The van der Waals surface area contributed by atoms with Crippen molar-refractivity contribution in [2.75, 3.05) is 72.0 Å². The highest BCUT2D eigenvalue weighted by Crippen LogP contribution is 2.54. The van der Waals surface area contributed by atoms with Crippen molar-refractivity contribution >= 4 is 93.8 Å². The summed E-state index contributed by atoms with van der Waals surface area (Å²) in [5.74, 6) is 7.71. The number of amides is 4. The van der Waals surface area contributed by atoms with E-state index in [4.69, 9.17) is 65.4 Å². The van der Waals surface area contributed by atoms with Crippen LogP contribution in [0.1, 0.15) is 192 Å². The fourth-order valence-corrected chi connectivity index (χ4v) is 18.6. The highest BCUT2D eigenvalue weighted by atomic mass is 35.5. The summed E-state index contributed by atoms with van der Waals surface area (Å²) in [5.41, 5.74) is 11.1. The predicted molar refractivity (Wildman–Crippen MR) is 512 cm³/mol. The number of fused-ring (bicyclic) bond motifs is 3. The molecule has 9 aliphatic rings. The van der Waals surface area contributed by atoms with Crippen molar-refractivity contribution in [2.45, 2.75) is 170 Å². The number of piperidine rings is 4. The number of aryl methyl sites for hydroxylation is 2. The van der Waals surface area contributed by atoms with Gasteiger partial charge < -0.3 is 80.2 Å². The highest BCUT2D eigenvalue weighted by molar-refractivity contribution is 6.32. The summed E-state index contributed by atoms with van der Waals surface area (Å²) in [5, 5.41) is 51.0. The number of ether oxygens (including phenoxy) is 4. The summed E-state index contributed by atoms with van der Waals surface area (Å²) in [6, 6.07) is 31.3. The summed E-state index contributed by atoms with van der Waals surface area (Å²) in [4.78, 5) is 114. The average Bonchev–Trinajstić information content (AvgIpc) is 1.62. The van der Waals surface area contributed by atoms with Crippen LogP contribution in [0.4, 0.5) is 23.8 Å². The maximum Gasteiger partial charge on any atom is 0.258 e. The molecule has 5 aliphatic carbocycles. The number of nitrogens with zero attached hydrogens (tertiary/aromatic N) is 16. The van der Waals surface area contributed by atoms with Crippen molar-refractivity contribution in [1.82, 2.24) is 81.1 Å². The minimum atomic E-state index is -0.372. The molecule has 4 amide bonds. The third-order valence-corrected chi connectivity index (χ3v) is 28.1. The minimum absolute atomic E-state index is 0.114. The number of halogens is 4. The minimum Gasteiger partial charge on any atom is -0.472 e. The van der Waals surface area contributed by atoms with Crippen molar-refractivity contribution < 1.29 is 58.6 Å². The zero-order chi connectivity index (χ0) is 94.5. The molecule has 710 valence electrons. The Kier molecular flexibility index (Phi) is 30.9. The van der Waals surface area contributed by atoms with E-state index in [0.717, 1.165) is 166 Å². The topological polar surface area (TPSA) is 402 Å². The van der Waals surface area contributed by atoms with Gasteiger partial charge in [0, 0.05) is 128 Å². The largest absolute Gasteiger partial charge is 0.472 e. The Morgan fingerprint density at radius 2 is 0.750 bits per heavy atom. The number of carbonyl (C=O) groups is 4. The van der Waals surface area contributed by atoms with E-state index in [1.807, 2.05) is 62.4 Å². The van der Waals surface area contributed by atoms with Gasteiger partial charge in [0.15, 0.2) is 0 Å². The van der Waals surface area contributed by atoms with Gasteiger partial charge in [0.25, 0.3) is 23.6 Å². The van der Waals surface area contributed by atoms with Crippen LogP contribution in [0.15, 0.2) is 153 Å². The molecule has 4 aliphatic heterocycles. The van der Waals surface area contributed by atoms with Gasteiger partial charge in [-0.25, -0.2) is 29.9 Å². The fraction of sp³-hybridized carbons (Fsp3) is 0.420. The number of rotatable bonds is 31. The van der Waals surface area contributed by atoms with Gasteiger partial charge in [-0.05, 0) is 212 Å². The highest BCUT2D eigenvalue weighted by Gasteiger charge is 2.49. The first-order chi connectivity index (χ1) is 66.0. The Labute approximate surface area is 808 Å². The molecule has 8 N–H and O–H groups in total. The summed E-state index contributed by atoms with van der Waals surface area (Å²) >= 11 is 24.9. The molecule has 0 radical (unpaired) electrons. The first-order valence-corrected chi connectivity index (χ1v) is 47.8. The van der Waals surface area contributed by atoms with Crippen LogP contribution in [0.5, 0.6) is 23.5 Å². The van der Waals surface area contributed by atoms with Crippen molar-refractivity contribution in [3.63, 3.8) is 0 Å². The van der Waals surface area contributed by atoms with Crippen LogP contribution in [-0.2, 0) is 72.5 Å². The van der Waals surface area contributed by atoms with E-state index >= 15 is 0 Å². The SMILES string of the molecule is CC1CCC(NC(=O)c2cnc(N3CC4CC4C3)nc2OCc2ccc(CO)c(Cl)c2)CC1.Cc1ccc(CNC(=O)c2cnc(N3CC4CC4C3)nc2OCc2ccc(CO)c(Cl)c2)cc1.Cc1cnc(CNC(=O)c2cnc(N3CC4CC4C3)nc2OCc2ccc(CO)c(Cl)c2)cn1.O=C(NCc1ncccn1)c1cnc(N2CCC3(CC2)CC3)nc1OCc1ccc(CO)c(Cl)c1. The Balaban J connectivity index is 0.000000126. The van der Waals surface area contributed by atoms with Gasteiger partial charge in [-0.15, -0.1) is 0 Å². The van der Waals surface area contributed by atoms with Crippen LogP contribution in [0, 0.1) is 60.7 Å². The lowest BCUT2D eigenvalue weighted by atomic mass is 9.87. The fourth-order valence-electron chi connectivity index (χ4n) is 17.6. The van der Waals surface area contributed by atoms with Crippen molar-refractivity contribution in [2.24, 2.45) is 46.8 Å². The summed E-state index contributed by atoms with van der Waals surface area (Å²) in [7, 11) is 0. The number of hydrogen-bond donors (Lipinski definition) is 8. The molecule has 36 heteroatoms. The number of benzene rings is 5. The number of aromatic nitrogens is 12. The molecule has 5 aromatic carbocycles. The molecule has 9 fully saturated rings. The number of hydrogen-bond acceptors (Lipinski definition) is 28. The molecule has 10 heterocycles. The molecular weight excluding hydrogens is 1820 g/mol. The second-order valence-corrected chi connectivity index (χ2v) is 38.4. The number of carbonyl (C=O) groups excluding carboxylic acids is 4. The summed E-state index contributed by atoms with van der Waals surface area (Å²) in [6.07, 6.45) is 25.7. The molecule has 1 spiro atoms. The molecule has 6 unspecified atom stereocenters. The van der Waals surface area contributed by atoms with Gasteiger partial charge in [-0.1, -0.05) is 132 Å². The van der Waals surface area contributed by atoms with E-state index < -0.39 is 0 Å². The quantitative estimate of drug-likeness (QED) is 0.0200. The molecule has 6 aromatic heterocycles. The van der Waals surface area contributed by atoms with Gasteiger partial charge in [0.2, 0.25) is 47.3 Å². The maximum atomic E-state index is 13.1. The van der Waals surface area contributed by atoms with E-state index in [1.165, 1.54) is 50.1 Å². The van der Waals surface area contributed by atoms with Gasteiger partial charge in [-0.3, -0.25) is 29.1 Å². The monoisotopic (exact) mass is 1920 g/mol. The Hall–Kier alpha value is -12.1. The van der Waals surface area contributed by atoms with Crippen LogP contribution < -0.4 is 59.8 Å². The molecule has 20 rings (SSSR count). The zero-order valence-electron chi connectivity index (χ0n) is 76.0. The lowest BCUT2D eigenvalue weighted by Crippen LogP contribution is -2.37. The third kappa shape index (κ3) is 24.8. The van der Waals surface area contributed by atoms with Crippen LogP contribution in [0.25, 0.3) is 0 Å². The zero-order valence-corrected chi connectivity index (χ0v) is 79.0.